The smallest absolute Gasteiger partial charge is 0.323 e. The molecule has 3 heteroatoms. The first-order valence-corrected chi connectivity index (χ1v) is 4.57. The molecule has 0 aromatic carbocycles. The average Bonchev–Trinajstić information content (AvgIpc) is 2.06. The minimum absolute atomic E-state index is 0.170. The fourth-order valence-corrected chi connectivity index (χ4v) is 1.88. The molecule has 0 aromatic rings. The molecule has 1 atom stereocenters. The van der Waals surface area contributed by atoms with Crippen LogP contribution in [0.4, 0.5) is 0 Å². The summed E-state index contributed by atoms with van der Waals surface area (Å²) in [5.41, 5.74) is 4.72. The third-order valence-electron chi connectivity index (χ3n) is 2.91. The molecular formula is C9H17NO2. The monoisotopic (exact) mass is 171 g/mol. The first-order chi connectivity index (χ1) is 5.55. The van der Waals surface area contributed by atoms with Gasteiger partial charge in [-0.1, -0.05) is 19.3 Å². The Morgan fingerprint density at radius 2 is 1.92 bits per heavy atom. The zero-order valence-corrected chi connectivity index (χ0v) is 7.55. The Balaban J connectivity index is 2.59. The quantitative estimate of drug-likeness (QED) is 0.659. The second-order valence-corrected chi connectivity index (χ2v) is 3.92. The predicted molar refractivity (Wildman–Crippen MR) is 46.8 cm³/mol. The van der Waals surface area contributed by atoms with E-state index >= 15 is 0 Å². The van der Waals surface area contributed by atoms with E-state index in [2.05, 4.69) is 0 Å². The molecular weight excluding hydrogens is 154 g/mol. The highest BCUT2D eigenvalue weighted by molar-refractivity contribution is 5.78. The van der Waals surface area contributed by atoms with Gasteiger partial charge in [-0.15, -0.1) is 0 Å². The molecule has 1 saturated carbocycles. The number of rotatable bonds is 2. The molecule has 0 saturated heterocycles. The standard InChI is InChI=1S/C9H17NO2/c1-9(10,8(11)12)7-5-3-2-4-6-7/h7H,2-6,10H2,1H3,(H,11,12). The van der Waals surface area contributed by atoms with Crippen LogP contribution >= 0.6 is 0 Å². The molecule has 1 aliphatic carbocycles. The van der Waals surface area contributed by atoms with Gasteiger partial charge in [0, 0.05) is 0 Å². The molecule has 70 valence electrons. The van der Waals surface area contributed by atoms with E-state index in [-0.39, 0.29) is 5.92 Å². The molecule has 1 unspecified atom stereocenters. The van der Waals surface area contributed by atoms with Gasteiger partial charge in [-0.25, -0.2) is 0 Å². The minimum atomic E-state index is -1.01. The van der Waals surface area contributed by atoms with E-state index in [1.54, 1.807) is 6.92 Å². The van der Waals surface area contributed by atoms with Crippen LogP contribution in [0.2, 0.25) is 0 Å². The van der Waals surface area contributed by atoms with Crippen molar-refractivity contribution in [2.24, 2.45) is 11.7 Å². The summed E-state index contributed by atoms with van der Waals surface area (Å²) in [6.45, 7) is 1.63. The summed E-state index contributed by atoms with van der Waals surface area (Å²) < 4.78 is 0. The Morgan fingerprint density at radius 1 is 1.42 bits per heavy atom. The van der Waals surface area contributed by atoms with Gasteiger partial charge in [0.2, 0.25) is 0 Å². The van der Waals surface area contributed by atoms with Crippen LogP contribution in [0.5, 0.6) is 0 Å². The van der Waals surface area contributed by atoms with Crippen molar-refractivity contribution in [3.63, 3.8) is 0 Å². The maximum atomic E-state index is 10.8. The summed E-state index contributed by atoms with van der Waals surface area (Å²) in [5.74, 6) is -0.696. The average molecular weight is 171 g/mol. The van der Waals surface area contributed by atoms with Gasteiger partial charge in [0.05, 0.1) is 0 Å². The van der Waals surface area contributed by atoms with Gasteiger partial charge < -0.3 is 10.8 Å². The number of carboxylic acid groups (broad SMARTS) is 1. The Morgan fingerprint density at radius 3 is 2.33 bits per heavy atom. The van der Waals surface area contributed by atoms with Crippen molar-refractivity contribution in [1.82, 2.24) is 0 Å². The van der Waals surface area contributed by atoms with Crippen LogP contribution in [0.15, 0.2) is 0 Å². The van der Waals surface area contributed by atoms with Crippen LogP contribution in [0.25, 0.3) is 0 Å². The van der Waals surface area contributed by atoms with Crippen molar-refractivity contribution in [1.29, 1.82) is 0 Å². The summed E-state index contributed by atoms with van der Waals surface area (Å²) in [5, 5.41) is 8.87. The maximum absolute atomic E-state index is 10.8. The Labute approximate surface area is 72.9 Å². The van der Waals surface area contributed by atoms with Gasteiger partial charge in [-0.3, -0.25) is 4.79 Å². The lowest BCUT2D eigenvalue weighted by Gasteiger charge is -2.32. The summed E-state index contributed by atoms with van der Waals surface area (Å²) >= 11 is 0. The van der Waals surface area contributed by atoms with Crippen molar-refractivity contribution in [2.75, 3.05) is 0 Å². The number of hydrogen-bond acceptors (Lipinski definition) is 2. The minimum Gasteiger partial charge on any atom is -0.480 e. The Hall–Kier alpha value is -0.570. The first-order valence-electron chi connectivity index (χ1n) is 4.57. The van der Waals surface area contributed by atoms with Gasteiger partial charge in [0.1, 0.15) is 5.54 Å². The van der Waals surface area contributed by atoms with Crippen LogP contribution in [0, 0.1) is 5.92 Å². The SMILES string of the molecule is CC(N)(C(=O)O)C1CCCCC1. The molecule has 3 nitrogen and oxygen atoms in total. The molecule has 0 aromatic heterocycles. The van der Waals surface area contributed by atoms with Crippen molar-refractivity contribution >= 4 is 5.97 Å². The van der Waals surface area contributed by atoms with Crippen molar-refractivity contribution < 1.29 is 9.90 Å². The molecule has 1 aliphatic rings. The molecule has 0 aliphatic heterocycles. The van der Waals surface area contributed by atoms with E-state index < -0.39 is 11.5 Å². The van der Waals surface area contributed by atoms with Gasteiger partial charge >= 0.3 is 5.97 Å². The Kier molecular flexibility index (Phi) is 2.73. The van der Waals surface area contributed by atoms with Crippen molar-refractivity contribution in [3.05, 3.63) is 0 Å². The molecule has 0 bridgehead atoms. The zero-order chi connectivity index (χ0) is 9.19. The van der Waals surface area contributed by atoms with Crippen molar-refractivity contribution in [2.45, 2.75) is 44.6 Å². The molecule has 1 fully saturated rings. The number of aliphatic carboxylic acids is 1. The summed E-state index contributed by atoms with van der Waals surface area (Å²) in [4.78, 5) is 10.8. The lowest BCUT2D eigenvalue weighted by Crippen LogP contribution is -2.51. The van der Waals surface area contributed by atoms with Crippen LogP contribution in [0.1, 0.15) is 39.0 Å². The van der Waals surface area contributed by atoms with Crippen LogP contribution in [0.3, 0.4) is 0 Å². The molecule has 3 N–H and O–H groups in total. The normalized spacial score (nSPS) is 24.8. The van der Waals surface area contributed by atoms with Crippen LogP contribution in [-0.4, -0.2) is 16.6 Å². The highest BCUT2D eigenvalue weighted by Gasteiger charge is 2.37. The van der Waals surface area contributed by atoms with Gasteiger partial charge in [-0.2, -0.15) is 0 Å². The lowest BCUT2D eigenvalue weighted by atomic mass is 9.76. The summed E-state index contributed by atoms with van der Waals surface area (Å²) in [6, 6.07) is 0. The van der Waals surface area contributed by atoms with Gasteiger partial charge in [0.25, 0.3) is 0 Å². The molecule has 1 rings (SSSR count). The second kappa shape index (κ2) is 3.44. The molecule has 0 amide bonds. The van der Waals surface area contributed by atoms with Crippen LogP contribution < -0.4 is 5.73 Å². The van der Waals surface area contributed by atoms with Gasteiger partial charge in [0.15, 0.2) is 0 Å². The largest absolute Gasteiger partial charge is 0.480 e. The van der Waals surface area contributed by atoms with E-state index in [1.807, 2.05) is 0 Å². The second-order valence-electron chi connectivity index (χ2n) is 3.92. The highest BCUT2D eigenvalue weighted by atomic mass is 16.4. The highest BCUT2D eigenvalue weighted by Crippen LogP contribution is 2.31. The lowest BCUT2D eigenvalue weighted by molar-refractivity contribution is -0.145. The number of nitrogens with two attached hydrogens (primary N) is 1. The van der Waals surface area contributed by atoms with E-state index in [1.165, 1.54) is 6.42 Å². The number of carboxylic acids is 1. The van der Waals surface area contributed by atoms with E-state index in [4.69, 9.17) is 10.8 Å². The molecule has 12 heavy (non-hydrogen) atoms. The fourth-order valence-electron chi connectivity index (χ4n) is 1.88. The van der Waals surface area contributed by atoms with Crippen molar-refractivity contribution in [3.8, 4) is 0 Å². The zero-order valence-electron chi connectivity index (χ0n) is 7.55. The third-order valence-corrected chi connectivity index (χ3v) is 2.91. The molecule has 0 radical (unpaired) electrons. The topological polar surface area (TPSA) is 63.3 Å². The maximum Gasteiger partial charge on any atom is 0.323 e. The predicted octanol–water partition coefficient (Wildman–Crippen LogP) is 1.37. The first kappa shape index (κ1) is 9.52. The Bertz CT molecular complexity index is 171. The summed E-state index contributed by atoms with van der Waals surface area (Å²) in [7, 11) is 0. The number of carbonyl (C=O) groups is 1. The third kappa shape index (κ3) is 1.78. The van der Waals surface area contributed by atoms with E-state index in [0.717, 1.165) is 25.7 Å². The van der Waals surface area contributed by atoms with E-state index in [0.29, 0.717) is 0 Å². The van der Waals surface area contributed by atoms with E-state index in [9.17, 15) is 4.79 Å². The fraction of sp³-hybridized carbons (Fsp3) is 0.889. The van der Waals surface area contributed by atoms with Crippen LogP contribution in [-0.2, 0) is 4.79 Å². The molecule has 0 spiro atoms. The number of hydrogen-bond donors (Lipinski definition) is 2. The summed E-state index contributed by atoms with van der Waals surface area (Å²) in [6.07, 6.45) is 5.43. The molecule has 0 heterocycles. The van der Waals surface area contributed by atoms with Gasteiger partial charge in [-0.05, 0) is 25.7 Å².